The number of hydrogen-bond donors (Lipinski definition) is 2. The first-order valence-electron chi connectivity index (χ1n) is 5.80. The molecule has 1 rings (SSSR count). The Labute approximate surface area is 117 Å². The number of aryl methyl sites for hydroxylation is 1. The van der Waals surface area contributed by atoms with E-state index in [2.05, 4.69) is 9.73 Å². The van der Waals surface area contributed by atoms with Gasteiger partial charge in [-0.25, -0.2) is 8.42 Å². The quantitative estimate of drug-likeness (QED) is 0.584. The smallest absolute Gasteiger partial charge is 0.280 e. The molecule has 0 aliphatic heterocycles. The molecule has 110 valence electrons. The van der Waals surface area contributed by atoms with Gasteiger partial charge in [0, 0.05) is 12.7 Å². The molecule has 1 amide bonds. The second kappa shape index (κ2) is 6.49. The van der Waals surface area contributed by atoms with E-state index in [-0.39, 0.29) is 16.4 Å². The van der Waals surface area contributed by atoms with E-state index in [1.165, 1.54) is 25.3 Å². The van der Waals surface area contributed by atoms with Crippen molar-refractivity contribution in [3.63, 3.8) is 0 Å². The van der Waals surface area contributed by atoms with E-state index in [9.17, 15) is 13.2 Å². The molecule has 7 nitrogen and oxygen atoms in total. The zero-order valence-electron chi connectivity index (χ0n) is 11.3. The van der Waals surface area contributed by atoms with Crippen molar-refractivity contribution < 1.29 is 17.9 Å². The predicted molar refractivity (Wildman–Crippen MR) is 75.0 cm³/mol. The molecule has 0 bridgehead atoms. The first-order chi connectivity index (χ1) is 9.31. The maximum atomic E-state index is 11.9. The number of carbonyl (C=O) groups excluding carboxylic acids is 1. The standard InChI is InChI=1S/C12H17N3O4S/c1-3-8-6-9(20(17,18)7-19-2)4-5-10(8)11(16)15-12(13)14/h4-6H,3,7H2,1-2H3,(H4,13,14,15,16). The van der Waals surface area contributed by atoms with Gasteiger partial charge in [-0.1, -0.05) is 6.92 Å². The fraction of sp³-hybridized carbons (Fsp3) is 0.333. The Balaban J connectivity index is 3.28. The molecule has 0 radical (unpaired) electrons. The molecule has 0 saturated heterocycles. The van der Waals surface area contributed by atoms with Gasteiger partial charge in [-0.3, -0.25) is 4.79 Å². The molecule has 0 aliphatic rings. The van der Waals surface area contributed by atoms with Crippen LogP contribution in [0.15, 0.2) is 28.1 Å². The highest BCUT2D eigenvalue weighted by Crippen LogP contribution is 2.19. The first-order valence-corrected chi connectivity index (χ1v) is 7.45. The molecular formula is C12H17N3O4S. The summed E-state index contributed by atoms with van der Waals surface area (Å²) in [5, 5.41) is 0. The summed E-state index contributed by atoms with van der Waals surface area (Å²) >= 11 is 0. The summed E-state index contributed by atoms with van der Waals surface area (Å²) in [6.45, 7) is 1.80. The van der Waals surface area contributed by atoms with Crippen LogP contribution in [0, 0.1) is 0 Å². The molecule has 0 saturated carbocycles. The van der Waals surface area contributed by atoms with E-state index in [0.717, 1.165) is 0 Å². The Morgan fingerprint density at radius 1 is 1.35 bits per heavy atom. The van der Waals surface area contributed by atoms with Crippen LogP contribution in [0.5, 0.6) is 0 Å². The number of hydrogen-bond acceptors (Lipinski definition) is 4. The van der Waals surface area contributed by atoms with Crippen molar-refractivity contribution >= 4 is 21.7 Å². The van der Waals surface area contributed by atoms with Crippen molar-refractivity contribution in [2.45, 2.75) is 18.2 Å². The highest BCUT2D eigenvalue weighted by molar-refractivity contribution is 7.91. The molecule has 20 heavy (non-hydrogen) atoms. The van der Waals surface area contributed by atoms with Gasteiger partial charge in [-0.2, -0.15) is 4.99 Å². The van der Waals surface area contributed by atoms with Crippen LogP contribution in [0.2, 0.25) is 0 Å². The molecule has 0 atom stereocenters. The fourth-order valence-electron chi connectivity index (χ4n) is 1.67. The Hall–Kier alpha value is -1.93. The normalized spacial score (nSPS) is 11.1. The number of aliphatic imine (C=N–C) groups is 1. The summed E-state index contributed by atoms with van der Waals surface area (Å²) in [7, 11) is -2.23. The summed E-state index contributed by atoms with van der Waals surface area (Å²) in [4.78, 5) is 15.3. The Bertz CT molecular complexity index is 634. The minimum absolute atomic E-state index is 0.0949. The number of methoxy groups -OCH3 is 1. The topological polar surface area (TPSA) is 125 Å². The molecule has 0 fully saturated rings. The summed E-state index contributed by atoms with van der Waals surface area (Å²) < 4.78 is 28.4. The number of benzene rings is 1. The number of nitrogens with two attached hydrogens (primary N) is 2. The second-order valence-electron chi connectivity index (χ2n) is 4.04. The van der Waals surface area contributed by atoms with Crippen molar-refractivity contribution in [2.24, 2.45) is 16.5 Å². The number of amides is 1. The molecule has 0 aliphatic carbocycles. The van der Waals surface area contributed by atoms with Crippen molar-refractivity contribution in [1.29, 1.82) is 0 Å². The second-order valence-corrected chi connectivity index (χ2v) is 5.97. The van der Waals surface area contributed by atoms with Gasteiger partial charge >= 0.3 is 0 Å². The maximum absolute atomic E-state index is 11.9. The summed E-state index contributed by atoms with van der Waals surface area (Å²) in [6, 6.07) is 4.17. The minimum atomic E-state index is -3.53. The molecule has 0 aromatic heterocycles. The molecular weight excluding hydrogens is 282 g/mol. The van der Waals surface area contributed by atoms with Crippen LogP contribution in [0.25, 0.3) is 0 Å². The highest BCUT2D eigenvalue weighted by Gasteiger charge is 2.18. The van der Waals surface area contributed by atoms with Crippen LogP contribution in [0.1, 0.15) is 22.8 Å². The van der Waals surface area contributed by atoms with Gasteiger partial charge in [-0.15, -0.1) is 0 Å². The number of ether oxygens (including phenoxy) is 1. The Morgan fingerprint density at radius 3 is 2.50 bits per heavy atom. The lowest BCUT2D eigenvalue weighted by atomic mass is 10.1. The summed E-state index contributed by atoms with van der Waals surface area (Å²) in [6.07, 6.45) is 0.470. The van der Waals surface area contributed by atoms with Crippen molar-refractivity contribution in [3.8, 4) is 0 Å². The lowest BCUT2D eigenvalue weighted by Crippen LogP contribution is -2.24. The third-order valence-corrected chi connectivity index (χ3v) is 4.07. The van der Waals surface area contributed by atoms with Crippen LogP contribution < -0.4 is 11.5 Å². The summed E-state index contributed by atoms with van der Waals surface area (Å²) in [5.41, 5.74) is 11.1. The third-order valence-electron chi connectivity index (χ3n) is 2.55. The molecule has 1 aromatic carbocycles. The SMILES string of the molecule is CCc1cc(S(=O)(=O)COC)ccc1C(=O)N=C(N)N. The minimum Gasteiger partial charge on any atom is -0.370 e. The molecule has 1 aromatic rings. The average molecular weight is 299 g/mol. The highest BCUT2D eigenvalue weighted by atomic mass is 32.2. The summed E-state index contributed by atoms with van der Waals surface area (Å²) in [5.74, 6) is -1.36. The van der Waals surface area contributed by atoms with Crippen LogP contribution in [0.4, 0.5) is 0 Å². The van der Waals surface area contributed by atoms with Gasteiger partial charge in [-0.05, 0) is 30.2 Å². The van der Waals surface area contributed by atoms with E-state index in [0.29, 0.717) is 12.0 Å². The van der Waals surface area contributed by atoms with Crippen molar-refractivity contribution in [1.82, 2.24) is 0 Å². The van der Waals surface area contributed by atoms with Crippen LogP contribution >= 0.6 is 0 Å². The van der Waals surface area contributed by atoms with E-state index >= 15 is 0 Å². The largest absolute Gasteiger partial charge is 0.370 e. The first kappa shape index (κ1) is 16.1. The third kappa shape index (κ3) is 3.78. The van der Waals surface area contributed by atoms with E-state index in [1.54, 1.807) is 6.92 Å². The van der Waals surface area contributed by atoms with E-state index < -0.39 is 21.7 Å². The maximum Gasteiger partial charge on any atom is 0.280 e. The lowest BCUT2D eigenvalue weighted by molar-refractivity contribution is 0.100. The zero-order valence-corrected chi connectivity index (χ0v) is 12.1. The molecule has 0 heterocycles. The average Bonchev–Trinajstić information content (AvgIpc) is 2.37. The zero-order chi connectivity index (χ0) is 15.3. The number of sulfone groups is 1. The van der Waals surface area contributed by atoms with E-state index in [1.807, 2.05) is 0 Å². The number of carbonyl (C=O) groups is 1. The van der Waals surface area contributed by atoms with E-state index in [4.69, 9.17) is 11.5 Å². The van der Waals surface area contributed by atoms with Crippen LogP contribution in [-0.4, -0.2) is 33.3 Å². The Kier molecular flexibility index (Phi) is 5.23. The van der Waals surface area contributed by atoms with Crippen LogP contribution in [0.3, 0.4) is 0 Å². The fourth-order valence-corrected chi connectivity index (χ4v) is 2.71. The van der Waals surface area contributed by atoms with Gasteiger partial charge in [0.15, 0.2) is 11.9 Å². The van der Waals surface area contributed by atoms with Crippen molar-refractivity contribution in [3.05, 3.63) is 29.3 Å². The molecule has 4 N–H and O–H groups in total. The number of guanidine groups is 1. The van der Waals surface area contributed by atoms with Crippen molar-refractivity contribution in [2.75, 3.05) is 13.0 Å². The van der Waals surface area contributed by atoms with Gasteiger partial charge in [0.2, 0.25) is 9.84 Å². The van der Waals surface area contributed by atoms with Gasteiger partial charge in [0.25, 0.3) is 5.91 Å². The predicted octanol–water partition coefficient (Wildman–Crippen LogP) is 0.0402. The van der Waals surface area contributed by atoms with Gasteiger partial charge in [0.05, 0.1) is 4.90 Å². The molecule has 8 heteroatoms. The molecule has 0 unspecified atom stereocenters. The molecule has 0 spiro atoms. The number of rotatable bonds is 5. The monoisotopic (exact) mass is 299 g/mol. The van der Waals surface area contributed by atoms with Gasteiger partial charge < -0.3 is 16.2 Å². The number of nitrogens with zero attached hydrogens (tertiary/aromatic N) is 1. The lowest BCUT2D eigenvalue weighted by Gasteiger charge is -2.08. The van der Waals surface area contributed by atoms with Gasteiger partial charge in [0.1, 0.15) is 0 Å². The Morgan fingerprint density at radius 2 is 2.00 bits per heavy atom. The van der Waals surface area contributed by atoms with Crippen LogP contribution in [-0.2, 0) is 21.0 Å².